The number of H-pyrrole nitrogens is 1. The van der Waals surface area contributed by atoms with Crippen LogP contribution in [-0.4, -0.2) is 9.97 Å². The lowest BCUT2D eigenvalue weighted by Crippen LogP contribution is -2.02. The summed E-state index contributed by atoms with van der Waals surface area (Å²) in [5, 5.41) is 11.7. The van der Waals surface area contributed by atoms with Crippen LogP contribution in [0.3, 0.4) is 0 Å². The minimum Gasteiger partial charge on any atom is -0.377 e. The molecule has 2 rings (SSSR count). The van der Waals surface area contributed by atoms with Crippen molar-refractivity contribution in [1.29, 1.82) is 5.26 Å². The molecule has 0 radical (unpaired) electrons. The summed E-state index contributed by atoms with van der Waals surface area (Å²) in [4.78, 5) is 6.76. The van der Waals surface area contributed by atoms with Gasteiger partial charge < -0.3 is 10.3 Å². The second kappa shape index (κ2) is 4.97. The molecule has 0 spiro atoms. The number of nitriles is 1. The maximum Gasteiger partial charge on any atom is 0.161 e. The first-order valence-electron chi connectivity index (χ1n) is 4.81. The Morgan fingerprint density at radius 1 is 1.53 bits per heavy atom. The molecule has 1 heterocycles. The van der Waals surface area contributed by atoms with Gasteiger partial charge in [0.25, 0.3) is 0 Å². The Labute approximate surface area is 106 Å². The third kappa shape index (κ3) is 2.45. The zero-order chi connectivity index (χ0) is 12.3. The Balaban J connectivity index is 2.17. The number of nitrogens with zero attached hydrogens (tertiary/aromatic N) is 2. The monoisotopic (exact) mass is 294 g/mol. The Hall–Kier alpha value is -1.87. The van der Waals surface area contributed by atoms with Gasteiger partial charge in [0, 0.05) is 6.20 Å². The number of aromatic nitrogens is 2. The summed E-state index contributed by atoms with van der Waals surface area (Å²) in [5.74, 6) is -0.469. The van der Waals surface area contributed by atoms with E-state index in [-0.39, 0.29) is 10.0 Å². The molecular formula is C11H8BrFN4. The first-order chi connectivity index (χ1) is 8.22. The number of imidazole rings is 1. The molecule has 2 N–H and O–H groups in total. The van der Waals surface area contributed by atoms with Crippen LogP contribution in [0.25, 0.3) is 0 Å². The molecule has 86 valence electrons. The number of hydrogen-bond acceptors (Lipinski definition) is 3. The molecule has 4 nitrogen and oxygen atoms in total. The highest BCUT2D eigenvalue weighted by Gasteiger charge is 2.10. The summed E-state index contributed by atoms with van der Waals surface area (Å²) in [6, 6.07) is 5.00. The Kier molecular flexibility index (Phi) is 3.40. The lowest BCUT2D eigenvalue weighted by atomic mass is 10.2. The van der Waals surface area contributed by atoms with E-state index in [0.29, 0.717) is 12.2 Å². The summed E-state index contributed by atoms with van der Waals surface area (Å²) >= 11 is 3.05. The van der Waals surface area contributed by atoms with E-state index >= 15 is 0 Å². The van der Waals surface area contributed by atoms with Gasteiger partial charge in [0.05, 0.1) is 34.3 Å². The van der Waals surface area contributed by atoms with Crippen LogP contribution in [0.4, 0.5) is 10.1 Å². The number of nitrogens with one attached hydrogen (secondary N) is 2. The van der Waals surface area contributed by atoms with E-state index in [0.717, 1.165) is 5.69 Å². The van der Waals surface area contributed by atoms with Crippen molar-refractivity contribution in [2.75, 3.05) is 5.32 Å². The molecule has 0 amide bonds. The second-order valence-electron chi connectivity index (χ2n) is 3.33. The fourth-order valence-electron chi connectivity index (χ4n) is 1.34. The quantitative estimate of drug-likeness (QED) is 0.915. The average Bonchev–Trinajstić information content (AvgIpc) is 2.84. The molecule has 0 aliphatic heterocycles. The van der Waals surface area contributed by atoms with Crippen LogP contribution in [-0.2, 0) is 6.54 Å². The van der Waals surface area contributed by atoms with Crippen molar-refractivity contribution in [2.45, 2.75) is 6.54 Å². The van der Waals surface area contributed by atoms with Crippen molar-refractivity contribution in [3.8, 4) is 6.07 Å². The van der Waals surface area contributed by atoms with Gasteiger partial charge in [-0.2, -0.15) is 5.26 Å². The van der Waals surface area contributed by atoms with Crippen LogP contribution < -0.4 is 5.32 Å². The summed E-state index contributed by atoms with van der Waals surface area (Å²) in [6.45, 7) is 0.440. The third-order valence-electron chi connectivity index (χ3n) is 2.23. The van der Waals surface area contributed by atoms with Gasteiger partial charge in [-0.1, -0.05) is 0 Å². The number of aromatic amines is 1. The number of halogens is 2. The predicted molar refractivity (Wildman–Crippen MR) is 64.7 cm³/mol. The van der Waals surface area contributed by atoms with Gasteiger partial charge in [-0.25, -0.2) is 9.37 Å². The highest BCUT2D eigenvalue weighted by Crippen LogP contribution is 2.26. The fourth-order valence-corrected chi connectivity index (χ4v) is 1.78. The molecule has 6 heteroatoms. The van der Waals surface area contributed by atoms with Gasteiger partial charge in [0.2, 0.25) is 0 Å². The Morgan fingerprint density at radius 3 is 3.00 bits per heavy atom. The van der Waals surface area contributed by atoms with Gasteiger partial charge in [0.1, 0.15) is 6.07 Å². The Bertz CT molecular complexity index is 560. The number of benzene rings is 1. The van der Waals surface area contributed by atoms with Gasteiger partial charge in [-0.15, -0.1) is 0 Å². The van der Waals surface area contributed by atoms with Crippen LogP contribution in [0.1, 0.15) is 11.3 Å². The summed E-state index contributed by atoms with van der Waals surface area (Å²) in [5.41, 5.74) is 1.46. The molecule has 0 aliphatic carbocycles. The standard InChI is InChI=1S/C11H8BrFN4/c12-10-7(3-14)1-2-9(11(10)13)16-5-8-4-15-6-17-8/h1-2,4,6,16H,5H2,(H,15,17). The summed E-state index contributed by atoms with van der Waals surface area (Å²) in [7, 11) is 0. The van der Waals surface area contributed by atoms with Gasteiger partial charge in [0.15, 0.2) is 5.82 Å². The molecule has 1 aromatic carbocycles. The molecule has 0 atom stereocenters. The van der Waals surface area contributed by atoms with Gasteiger partial charge in [-0.3, -0.25) is 0 Å². The number of hydrogen-bond donors (Lipinski definition) is 2. The summed E-state index contributed by atoms with van der Waals surface area (Å²) < 4.78 is 14.0. The van der Waals surface area contributed by atoms with Crippen LogP contribution in [0, 0.1) is 17.1 Å². The molecule has 0 bridgehead atoms. The van der Waals surface area contributed by atoms with Crippen molar-refractivity contribution < 1.29 is 4.39 Å². The van der Waals surface area contributed by atoms with Crippen molar-refractivity contribution in [3.05, 3.63) is 46.2 Å². The van der Waals surface area contributed by atoms with Crippen LogP contribution in [0.2, 0.25) is 0 Å². The topological polar surface area (TPSA) is 64.5 Å². The third-order valence-corrected chi connectivity index (χ3v) is 3.00. The molecule has 0 saturated heterocycles. The van der Waals surface area contributed by atoms with Crippen molar-refractivity contribution in [2.24, 2.45) is 0 Å². The van der Waals surface area contributed by atoms with E-state index in [2.05, 4.69) is 31.2 Å². The maximum atomic E-state index is 13.8. The van der Waals surface area contributed by atoms with Crippen molar-refractivity contribution in [3.63, 3.8) is 0 Å². The largest absolute Gasteiger partial charge is 0.377 e. The highest BCUT2D eigenvalue weighted by molar-refractivity contribution is 9.10. The van der Waals surface area contributed by atoms with E-state index in [1.807, 2.05) is 6.07 Å². The number of rotatable bonds is 3. The fraction of sp³-hybridized carbons (Fsp3) is 0.0909. The maximum absolute atomic E-state index is 13.8. The molecule has 0 unspecified atom stereocenters. The molecule has 0 saturated carbocycles. The van der Waals surface area contributed by atoms with Crippen molar-refractivity contribution >= 4 is 21.6 Å². The first kappa shape index (κ1) is 11.6. The van der Waals surface area contributed by atoms with Gasteiger partial charge in [-0.05, 0) is 28.1 Å². The molecule has 1 aromatic heterocycles. The Morgan fingerprint density at radius 2 is 2.35 bits per heavy atom. The van der Waals surface area contributed by atoms with E-state index in [1.54, 1.807) is 18.6 Å². The van der Waals surface area contributed by atoms with E-state index in [4.69, 9.17) is 5.26 Å². The normalized spacial score (nSPS) is 9.94. The minimum atomic E-state index is -0.469. The molecule has 0 fully saturated rings. The molecular weight excluding hydrogens is 287 g/mol. The van der Waals surface area contributed by atoms with Crippen LogP contribution in [0.5, 0.6) is 0 Å². The highest BCUT2D eigenvalue weighted by atomic mass is 79.9. The second-order valence-corrected chi connectivity index (χ2v) is 4.12. The minimum absolute atomic E-state index is 0.176. The molecule has 0 aliphatic rings. The van der Waals surface area contributed by atoms with Gasteiger partial charge >= 0.3 is 0 Å². The zero-order valence-corrected chi connectivity index (χ0v) is 10.3. The lowest BCUT2D eigenvalue weighted by Gasteiger charge is -2.08. The first-order valence-corrected chi connectivity index (χ1v) is 5.61. The van der Waals surface area contributed by atoms with E-state index in [9.17, 15) is 4.39 Å². The van der Waals surface area contributed by atoms with Crippen LogP contribution >= 0.6 is 15.9 Å². The van der Waals surface area contributed by atoms with E-state index in [1.165, 1.54) is 6.07 Å². The average molecular weight is 295 g/mol. The predicted octanol–water partition coefficient (Wildman–Crippen LogP) is 2.80. The van der Waals surface area contributed by atoms with E-state index < -0.39 is 5.82 Å². The lowest BCUT2D eigenvalue weighted by molar-refractivity contribution is 0.623. The van der Waals surface area contributed by atoms with Crippen molar-refractivity contribution in [1.82, 2.24) is 9.97 Å². The zero-order valence-electron chi connectivity index (χ0n) is 8.67. The number of anilines is 1. The van der Waals surface area contributed by atoms with Crippen LogP contribution in [0.15, 0.2) is 29.1 Å². The molecule has 2 aromatic rings. The molecule has 17 heavy (non-hydrogen) atoms. The SMILES string of the molecule is N#Cc1ccc(NCc2cnc[nH]2)c(F)c1Br. The summed E-state index contributed by atoms with van der Waals surface area (Å²) in [6.07, 6.45) is 3.21. The smallest absolute Gasteiger partial charge is 0.161 e.